The molecular formula is C27H43NO2. The van der Waals surface area contributed by atoms with Crippen LogP contribution in [-0.2, 0) is 4.74 Å². The number of nitrogens with zero attached hydrogens (tertiary/aromatic N) is 1. The normalized spacial score (nSPS) is 46.2. The van der Waals surface area contributed by atoms with E-state index in [9.17, 15) is 5.11 Å². The van der Waals surface area contributed by atoms with E-state index in [1.165, 1.54) is 38.5 Å². The van der Waals surface area contributed by atoms with Gasteiger partial charge in [0.1, 0.15) is 0 Å². The van der Waals surface area contributed by atoms with Crippen LogP contribution < -0.4 is 0 Å². The highest BCUT2D eigenvalue weighted by atomic mass is 16.5. The van der Waals surface area contributed by atoms with E-state index in [1.807, 2.05) is 0 Å². The molecule has 168 valence electrons. The Morgan fingerprint density at radius 1 is 1.03 bits per heavy atom. The number of allylic oxidation sites excluding steroid dienone is 3. The number of ether oxygens (including phenoxy) is 1. The first-order valence-electron chi connectivity index (χ1n) is 12.9. The summed E-state index contributed by atoms with van der Waals surface area (Å²) in [6.07, 6.45) is 12.1. The third-order valence-corrected chi connectivity index (χ3v) is 10.2. The van der Waals surface area contributed by atoms with E-state index in [-0.39, 0.29) is 6.10 Å². The van der Waals surface area contributed by atoms with Gasteiger partial charge in [-0.25, -0.2) is 0 Å². The molecule has 4 aliphatic carbocycles. The van der Waals surface area contributed by atoms with Crippen LogP contribution in [0.2, 0.25) is 0 Å². The maximum atomic E-state index is 10.4. The van der Waals surface area contributed by atoms with Gasteiger partial charge in [-0.1, -0.05) is 44.9 Å². The topological polar surface area (TPSA) is 32.7 Å². The van der Waals surface area contributed by atoms with E-state index >= 15 is 0 Å². The second-order valence-electron chi connectivity index (χ2n) is 11.4. The lowest BCUT2D eigenvalue weighted by atomic mass is 9.45. The summed E-state index contributed by atoms with van der Waals surface area (Å²) in [7, 11) is 0. The molecule has 0 radical (unpaired) electrons. The molecule has 0 aromatic carbocycles. The average Bonchev–Trinajstić information content (AvgIpc) is 3.06. The molecule has 0 bridgehead atoms. The van der Waals surface area contributed by atoms with Crippen molar-refractivity contribution in [3.8, 4) is 0 Å². The van der Waals surface area contributed by atoms with Crippen LogP contribution in [0.25, 0.3) is 0 Å². The van der Waals surface area contributed by atoms with Crippen LogP contribution in [0.5, 0.6) is 0 Å². The van der Waals surface area contributed by atoms with Crippen molar-refractivity contribution in [3.63, 3.8) is 0 Å². The van der Waals surface area contributed by atoms with E-state index in [4.69, 9.17) is 4.74 Å². The van der Waals surface area contributed by atoms with Crippen molar-refractivity contribution in [1.29, 1.82) is 0 Å². The largest absolute Gasteiger partial charge is 0.393 e. The molecule has 3 fully saturated rings. The molecule has 30 heavy (non-hydrogen) atoms. The number of hydrogen-bond donors (Lipinski definition) is 1. The predicted molar refractivity (Wildman–Crippen MR) is 122 cm³/mol. The van der Waals surface area contributed by atoms with Crippen LogP contribution in [-0.4, -0.2) is 42.4 Å². The molecule has 2 saturated carbocycles. The number of aliphatic hydroxyl groups excluding tert-OH is 1. The molecule has 1 aliphatic heterocycles. The van der Waals surface area contributed by atoms with E-state index in [0.717, 1.165) is 56.9 Å². The molecule has 0 aromatic rings. The third kappa shape index (κ3) is 2.98. The fourth-order valence-electron chi connectivity index (χ4n) is 8.64. The van der Waals surface area contributed by atoms with Gasteiger partial charge in [0, 0.05) is 24.2 Å². The Morgan fingerprint density at radius 3 is 2.47 bits per heavy atom. The second kappa shape index (κ2) is 7.66. The minimum Gasteiger partial charge on any atom is -0.393 e. The molecule has 3 nitrogen and oxygen atoms in total. The number of aliphatic hydroxyl groups is 1. The molecule has 0 spiro atoms. The number of morpholine rings is 1. The summed E-state index contributed by atoms with van der Waals surface area (Å²) in [6.45, 7) is 13.9. The minimum atomic E-state index is -0.111. The van der Waals surface area contributed by atoms with Crippen molar-refractivity contribution in [2.75, 3.05) is 26.3 Å². The van der Waals surface area contributed by atoms with Crippen LogP contribution in [0, 0.1) is 34.5 Å². The van der Waals surface area contributed by atoms with Crippen LogP contribution in [0.3, 0.4) is 0 Å². The van der Waals surface area contributed by atoms with Gasteiger partial charge < -0.3 is 14.7 Å². The van der Waals surface area contributed by atoms with Crippen molar-refractivity contribution in [2.24, 2.45) is 34.5 Å². The van der Waals surface area contributed by atoms with E-state index in [2.05, 4.69) is 38.7 Å². The summed E-state index contributed by atoms with van der Waals surface area (Å²) >= 11 is 0. The minimum absolute atomic E-state index is 0.111. The van der Waals surface area contributed by atoms with Crippen LogP contribution >= 0.6 is 0 Å². The van der Waals surface area contributed by atoms with Gasteiger partial charge >= 0.3 is 0 Å². The van der Waals surface area contributed by atoms with E-state index in [1.54, 1.807) is 16.8 Å². The molecule has 1 heterocycles. The summed E-state index contributed by atoms with van der Waals surface area (Å²) in [6, 6.07) is 0. The van der Waals surface area contributed by atoms with Crippen LogP contribution in [0.15, 0.2) is 22.9 Å². The fourth-order valence-corrected chi connectivity index (χ4v) is 8.64. The second-order valence-corrected chi connectivity index (χ2v) is 11.4. The Labute approximate surface area is 183 Å². The molecule has 3 heteroatoms. The highest BCUT2D eigenvalue weighted by Crippen LogP contribution is 2.68. The van der Waals surface area contributed by atoms with Gasteiger partial charge in [0.2, 0.25) is 0 Å². The Morgan fingerprint density at radius 2 is 1.77 bits per heavy atom. The average molecular weight is 414 g/mol. The Balaban J connectivity index is 1.53. The van der Waals surface area contributed by atoms with Crippen LogP contribution in [0.1, 0.15) is 79.1 Å². The maximum Gasteiger partial charge on any atom is 0.0642 e. The lowest BCUT2D eigenvalue weighted by Crippen LogP contribution is -2.54. The number of fused-ring (bicyclic) bond motifs is 5. The SMILES string of the molecule is CCC1=C(N2CCOCC2)[C@@]2(C)CC[C@@H]3[C@@H](C(CC)C=C4CC(O)CC[C@@]43C)[C@@H]2C1. The van der Waals surface area contributed by atoms with Crippen molar-refractivity contribution in [1.82, 2.24) is 4.90 Å². The molecule has 7 atom stereocenters. The fraction of sp³-hybridized carbons (Fsp3) is 0.852. The molecule has 5 rings (SSSR count). The standard InChI is InChI=1S/C27H43NO2/c1-5-18-15-20-17-21(29)7-9-26(20,3)22-8-10-27(4)23(24(18)22)16-19(6-2)25(27)28-11-13-30-14-12-28/h15,18,21-24,29H,5-14,16-17H2,1-4H3/t18?,21?,22-,23+,24-,26+,27+/m1/s1. The van der Waals surface area contributed by atoms with Crippen molar-refractivity contribution in [2.45, 2.75) is 85.2 Å². The Hall–Kier alpha value is -0.800. The quantitative estimate of drug-likeness (QED) is 0.616. The first-order valence-corrected chi connectivity index (χ1v) is 12.9. The van der Waals surface area contributed by atoms with Gasteiger partial charge in [0.25, 0.3) is 0 Å². The molecule has 1 saturated heterocycles. The summed E-state index contributed by atoms with van der Waals surface area (Å²) in [5.41, 5.74) is 5.75. The van der Waals surface area contributed by atoms with E-state index < -0.39 is 0 Å². The predicted octanol–water partition coefficient (Wildman–Crippen LogP) is 5.55. The van der Waals surface area contributed by atoms with Gasteiger partial charge in [-0.3, -0.25) is 0 Å². The zero-order valence-corrected chi connectivity index (χ0v) is 19.8. The van der Waals surface area contributed by atoms with Crippen molar-refractivity contribution >= 4 is 0 Å². The monoisotopic (exact) mass is 413 g/mol. The smallest absolute Gasteiger partial charge is 0.0642 e. The lowest BCUT2D eigenvalue weighted by Gasteiger charge is -2.60. The summed E-state index contributed by atoms with van der Waals surface area (Å²) < 4.78 is 5.71. The highest BCUT2D eigenvalue weighted by molar-refractivity contribution is 5.35. The number of hydrogen-bond acceptors (Lipinski definition) is 3. The van der Waals surface area contributed by atoms with Crippen molar-refractivity contribution in [3.05, 3.63) is 22.9 Å². The van der Waals surface area contributed by atoms with Gasteiger partial charge in [0.15, 0.2) is 0 Å². The summed E-state index contributed by atoms with van der Waals surface area (Å²) in [4.78, 5) is 2.71. The molecule has 1 N–H and O–H groups in total. The molecular weight excluding hydrogens is 370 g/mol. The van der Waals surface area contributed by atoms with E-state index in [0.29, 0.717) is 16.7 Å². The first kappa shape index (κ1) is 21.1. The lowest BCUT2D eigenvalue weighted by molar-refractivity contribution is -0.0614. The zero-order chi connectivity index (χ0) is 21.1. The summed E-state index contributed by atoms with van der Waals surface area (Å²) in [5.74, 6) is 3.08. The molecule has 0 aromatic heterocycles. The first-order chi connectivity index (χ1) is 14.4. The van der Waals surface area contributed by atoms with Crippen molar-refractivity contribution < 1.29 is 9.84 Å². The van der Waals surface area contributed by atoms with Gasteiger partial charge in [-0.05, 0) is 80.5 Å². The highest BCUT2D eigenvalue weighted by Gasteiger charge is 2.60. The molecule has 0 amide bonds. The zero-order valence-electron chi connectivity index (χ0n) is 19.8. The molecule has 2 unspecified atom stereocenters. The molecule has 5 aliphatic rings. The number of rotatable bonds is 3. The van der Waals surface area contributed by atoms with Crippen LogP contribution in [0.4, 0.5) is 0 Å². The Bertz CT molecular complexity index is 735. The Kier molecular flexibility index (Phi) is 5.38. The third-order valence-electron chi connectivity index (χ3n) is 10.2. The van der Waals surface area contributed by atoms with Gasteiger partial charge in [-0.2, -0.15) is 0 Å². The summed E-state index contributed by atoms with van der Waals surface area (Å²) in [5, 5.41) is 10.4. The van der Waals surface area contributed by atoms with Gasteiger partial charge in [-0.15, -0.1) is 0 Å². The van der Waals surface area contributed by atoms with Gasteiger partial charge in [0.05, 0.1) is 19.3 Å². The maximum absolute atomic E-state index is 10.4.